The molecule has 2 aliphatic heterocycles. The first kappa shape index (κ1) is 10.0. The van der Waals surface area contributed by atoms with E-state index in [2.05, 4.69) is 7.28 Å². The Kier molecular flexibility index (Phi) is 2.21. The molecule has 3 unspecified atom stereocenters. The first-order chi connectivity index (χ1) is 7.86. The summed E-state index contributed by atoms with van der Waals surface area (Å²) in [6.45, 7) is 0. The lowest BCUT2D eigenvalue weighted by atomic mass is 9.32. The van der Waals surface area contributed by atoms with Crippen molar-refractivity contribution in [3.63, 3.8) is 0 Å². The van der Waals surface area contributed by atoms with Crippen LogP contribution in [0.25, 0.3) is 0 Å². The Bertz CT molecular complexity index is 281. The summed E-state index contributed by atoms with van der Waals surface area (Å²) in [5, 5.41) is 0.737. The molecule has 2 heterocycles. The smallest absolute Gasteiger partial charge is 0.0682 e. The van der Waals surface area contributed by atoms with Gasteiger partial charge in [0.1, 0.15) is 7.28 Å². The third-order valence-electron chi connectivity index (χ3n) is 6.48. The average molecular weight is 217 g/mol. The van der Waals surface area contributed by atoms with Gasteiger partial charge in [0.15, 0.2) is 0 Å². The predicted octanol–water partition coefficient (Wildman–Crippen LogP) is 4.69. The second-order valence-corrected chi connectivity index (χ2v) is 7.23. The van der Waals surface area contributed by atoms with E-state index in [1.54, 1.807) is 38.5 Å². The first-order valence-electron chi connectivity index (χ1n) is 7.72. The topological polar surface area (TPSA) is 0 Å². The van der Waals surface area contributed by atoms with Crippen LogP contribution in [0.2, 0.25) is 11.1 Å². The zero-order chi connectivity index (χ0) is 10.6. The van der Waals surface area contributed by atoms with Crippen LogP contribution in [0.15, 0.2) is 0 Å². The Hall–Kier alpha value is 0.0649. The van der Waals surface area contributed by atoms with Crippen molar-refractivity contribution in [2.24, 2.45) is 17.8 Å². The molecule has 3 atom stereocenters. The van der Waals surface area contributed by atoms with Crippen molar-refractivity contribution in [2.75, 3.05) is 0 Å². The van der Waals surface area contributed by atoms with E-state index in [-0.39, 0.29) is 1.43 Å². The summed E-state index contributed by atoms with van der Waals surface area (Å²) >= 11 is 0. The fourth-order valence-electron chi connectivity index (χ4n) is 5.90. The molecule has 0 aromatic heterocycles. The van der Waals surface area contributed by atoms with E-state index in [0.29, 0.717) is 0 Å². The van der Waals surface area contributed by atoms with Crippen molar-refractivity contribution < 1.29 is 1.43 Å². The Morgan fingerprint density at radius 3 is 2.38 bits per heavy atom. The summed E-state index contributed by atoms with van der Waals surface area (Å²) in [6.07, 6.45) is 15.6. The summed E-state index contributed by atoms with van der Waals surface area (Å²) in [5.41, 5.74) is 0. The van der Waals surface area contributed by atoms with Gasteiger partial charge < -0.3 is 0 Å². The average Bonchev–Trinajstić information content (AvgIpc) is 2.91. The number of hydrogen-bond acceptors (Lipinski definition) is 0. The largest absolute Gasteiger partial charge is 0.122 e. The van der Waals surface area contributed by atoms with Crippen LogP contribution in [0.3, 0.4) is 0 Å². The minimum Gasteiger partial charge on any atom is -0.0682 e. The van der Waals surface area contributed by atoms with Crippen LogP contribution >= 0.6 is 0 Å². The monoisotopic (exact) mass is 217 g/mol. The van der Waals surface area contributed by atoms with E-state index in [1.807, 2.05) is 0 Å². The van der Waals surface area contributed by atoms with Crippen LogP contribution in [-0.2, 0) is 0 Å². The molecular formula is C15H26B. The molecule has 0 amide bonds. The van der Waals surface area contributed by atoms with Crippen LogP contribution < -0.4 is 0 Å². The molecule has 4 bridgehead atoms. The lowest BCUT2D eigenvalue weighted by molar-refractivity contribution is 0.186. The van der Waals surface area contributed by atoms with Crippen LogP contribution in [0.4, 0.5) is 0 Å². The molecule has 1 radical (unpaired) electrons. The standard InChI is InChI=1S/C15H24B.H2/c1-3-13-4-2-8-15(7-1,16-13)14-10-11-5-6-12(14)9-11;/h11-14H,1-10H2;1H. The fourth-order valence-corrected chi connectivity index (χ4v) is 5.90. The van der Waals surface area contributed by atoms with Gasteiger partial charge in [-0.25, -0.2) is 0 Å². The minimum absolute atomic E-state index is 0. The number of fused-ring (bicyclic) bond motifs is 4. The minimum atomic E-state index is 0. The number of rotatable bonds is 1. The zero-order valence-electron chi connectivity index (χ0n) is 10.5. The van der Waals surface area contributed by atoms with Gasteiger partial charge in [0.05, 0.1) is 0 Å². The van der Waals surface area contributed by atoms with E-state index in [4.69, 9.17) is 0 Å². The lowest BCUT2D eigenvalue weighted by Crippen LogP contribution is -2.40. The van der Waals surface area contributed by atoms with E-state index < -0.39 is 0 Å². The molecule has 0 nitrogen and oxygen atoms in total. The van der Waals surface area contributed by atoms with Crippen molar-refractivity contribution in [1.82, 2.24) is 0 Å². The normalized spacial score (nSPS) is 55.0. The predicted molar refractivity (Wildman–Crippen MR) is 71.0 cm³/mol. The Morgan fingerprint density at radius 2 is 1.75 bits per heavy atom. The highest BCUT2D eigenvalue weighted by Crippen LogP contribution is 2.64. The quantitative estimate of drug-likeness (QED) is 0.559. The highest BCUT2D eigenvalue weighted by Gasteiger charge is 2.52. The van der Waals surface area contributed by atoms with E-state index in [9.17, 15) is 0 Å². The second-order valence-electron chi connectivity index (χ2n) is 7.23. The van der Waals surface area contributed by atoms with Gasteiger partial charge in [0.2, 0.25) is 0 Å². The molecule has 2 aliphatic carbocycles. The van der Waals surface area contributed by atoms with Crippen molar-refractivity contribution in [1.29, 1.82) is 0 Å². The summed E-state index contributed by atoms with van der Waals surface area (Å²) in [5.74, 6) is 4.41. The van der Waals surface area contributed by atoms with Crippen molar-refractivity contribution in [2.45, 2.75) is 75.3 Å². The van der Waals surface area contributed by atoms with Crippen LogP contribution in [0.1, 0.15) is 65.6 Å². The summed E-state index contributed by atoms with van der Waals surface area (Å²) < 4.78 is 0. The molecule has 0 aromatic carbocycles. The highest BCUT2D eigenvalue weighted by molar-refractivity contribution is 6.42. The third-order valence-corrected chi connectivity index (χ3v) is 6.48. The van der Waals surface area contributed by atoms with Crippen molar-refractivity contribution in [3.05, 3.63) is 0 Å². The van der Waals surface area contributed by atoms with Crippen LogP contribution in [-0.4, -0.2) is 7.28 Å². The maximum atomic E-state index is 2.87. The molecule has 2 saturated heterocycles. The van der Waals surface area contributed by atoms with Crippen LogP contribution in [0.5, 0.6) is 0 Å². The zero-order valence-corrected chi connectivity index (χ0v) is 10.5. The lowest BCUT2D eigenvalue weighted by Gasteiger charge is -2.51. The van der Waals surface area contributed by atoms with Gasteiger partial charge in [-0.1, -0.05) is 56.1 Å². The van der Waals surface area contributed by atoms with Gasteiger partial charge in [0.25, 0.3) is 0 Å². The SMILES string of the molecule is [B]1C2CCCC1(C1CC3CCC1C3)CCC2.[HH]. The summed E-state index contributed by atoms with van der Waals surface area (Å²) in [7, 11) is 2.87. The molecule has 4 fully saturated rings. The summed E-state index contributed by atoms with van der Waals surface area (Å²) in [4.78, 5) is 0. The molecule has 2 saturated carbocycles. The van der Waals surface area contributed by atoms with E-state index >= 15 is 0 Å². The Labute approximate surface area is 102 Å². The molecule has 89 valence electrons. The number of hydrogen-bond donors (Lipinski definition) is 0. The van der Waals surface area contributed by atoms with E-state index in [1.165, 1.54) is 25.7 Å². The molecule has 1 heteroatoms. The third kappa shape index (κ3) is 1.36. The Morgan fingerprint density at radius 1 is 0.938 bits per heavy atom. The van der Waals surface area contributed by atoms with Gasteiger partial charge in [-0.2, -0.15) is 0 Å². The summed E-state index contributed by atoms with van der Waals surface area (Å²) in [6, 6.07) is 0. The highest BCUT2D eigenvalue weighted by atomic mass is 14.5. The molecule has 0 spiro atoms. The van der Waals surface area contributed by atoms with Gasteiger partial charge in [0, 0.05) is 1.43 Å². The molecule has 4 aliphatic rings. The molecule has 4 rings (SSSR count). The van der Waals surface area contributed by atoms with Gasteiger partial charge in [-0.05, 0) is 37.0 Å². The van der Waals surface area contributed by atoms with Crippen molar-refractivity contribution in [3.8, 4) is 0 Å². The second kappa shape index (κ2) is 3.53. The first-order valence-corrected chi connectivity index (χ1v) is 7.72. The van der Waals surface area contributed by atoms with Gasteiger partial charge in [-0.3, -0.25) is 0 Å². The molecule has 16 heavy (non-hydrogen) atoms. The van der Waals surface area contributed by atoms with Gasteiger partial charge >= 0.3 is 0 Å². The Balaban J connectivity index is 0.000000902. The molecule has 0 aromatic rings. The van der Waals surface area contributed by atoms with Crippen LogP contribution in [0, 0.1) is 17.8 Å². The molecular weight excluding hydrogens is 191 g/mol. The van der Waals surface area contributed by atoms with Crippen molar-refractivity contribution >= 4 is 7.28 Å². The van der Waals surface area contributed by atoms with E-state index in [0.717, 1.165) is 28.9 Å². The van der Waals surface area contributed by atoms with Gasteiger partial charge in [-0.15, -0.1) is 0 Å². The fraction of sp³-hybridized carbons (Fsp3) is 1.00. The maximum Gasteiger partial charge on any atom is 0.122 e. The maximum absolute atomic E-state index is 2.87. The molecule has 0 N–H and O–H groups in total.